The van der Waals surface area contributed by atoms with E-state index in [2.05, 4.69) is 21.2 Å². The van der Waals surface area contributed by atoms with Gasteiger partial charge in [0.25, 0.3) is 0 Å². The summed E-state index contributed by atoms with van der Waals surface area (Å²) in [5, 5.41) is 2.20. The van der Waals surface area contributed by atoms with E-state index in [-0.39, 0.29) is 10.2 Å². The summed E-state index contributed by atoms with van der Waals surface area (Å²) in [6.45, 7) is 1.17. The SMILES string of the molecule is CC(=O)Nc1cc(F)c(C(F)(F)F)cc1Br. The number of carbonyl (C=O) groups excluding carboxylic acids is 1. The summed E-state index contributed by atoms with van der Waals surface area (Å²) in [7, 11) is 0. The first-order valence-electron chi connectivity index (χ1n) is 4.05. The Morgan fingerprint density at radius 3 is 2.38 bits per heavy atom. The van der Waals surface area contributed by atoms with Crippen molar-refractivity contribution in [3.63, 3.8) is 0 Å². The van der Waals surface area contributed by atoms with Gasteiger partial charge in [-0.25, -0.2) is 4.39 Å². The molecule has 0 fully saturated rings. The van der Waals surface area contributed by atoms with Gasteiger partial charge in [0, 0.05) is 11.4 Å². The van der Waals surface area contributed by atoms with E-state index >= 15 is 0 Å². The summed E-state index contributed by atoms with van der Waals surface area (Å²) in [5.41, 5.74) is -1.42. The van der Waals surface area contributed by atoms with E-state index < -0.39 is 23.5 Å². The van der Waals surface area contributed by atoms with Crippen molar-refractivity contribution in [1.29, 1.82) is 0 Å². The molecular formula is C9H6BrF4NO. The number of hydrogen-bond donors (Lipinski definition) is 1. The summed E-state index contributed by atoms with van der Waals surface area (Å²) in [5.74, 6) is -1.93. The van der Waals surface area contributed by atoms with E-state index in [1.807, 2.05) is 0 Å². The first-order chi connectivity index (χ1) is 7.21. The van der Waals surface area contributed by atoms with Crippen molar-refractivity contribution >= 4 is 27.5 Å². The van der Waals surface area contributed by atoms with Crippen LogP contribution in [0.5, 0.6) is 0 Å². The topological polar surface area (TPSA) is 29.1 Å². The van der Waals surface area contributed by atoms with Crippen molar-refractivity contribution in [2.24, 2.45) is 0 Å². The van der Waals surface area contributed by atoms with E-state index in [0.717, 1.165) is 0 Å². The summed E-state index contributed by atoms with van der Waals surface area (Å²) in [4.78, 5) is 10.7. The lowest BCUT2D eigenvalue weighted by atomic mass is 10.2. The van der Waals surface area contributed by atoms with Crippen LogP contribution in [-0.2, 0) is 11.0 Å². The number of alkyl halides is 3. The highest BCUT2D eigenvalue weighted by molar-refractivity contribution is 9.10. The minimum atomic E-state index is -4.76. The van der Waals surface area contributed by atoms with Gasteiger partial charge in [0.2, 0.25) is 5.91 Å². The van der Waals surface area contributed by atoms with Crippen molar-refractivity contribution in [3.8, 4) is 0 Å². The van der Waals surface area contributed by atoms with E-state index in [9.17, 15) is 22.4 Å². The standard InChI is InChI=1S/C9H6BrF4NO/c1-4(16)15-8-3-7(11)5(2-6(8)10)9(12,13)14/h2-3H,1H3,(H,15,16). The number of anilines is 1. The molecule has 1 aromatic carbocycles. The Balaban J connectivity index is 3.22. The summed E-state index contributed by atoms with van der Waals surface area (Å²) < 4.78 is 49.9. The van der Waals surface area contributed by atoms with Crippen molar-refractivity contribution in [3.05, 3.63) is 28.0 Å². The van der Waals surface area contributed by atoms with Crippen LogP contribution in [0, 0.1) is 5.82 Å². The Labute approximate surface area is 96.8 Å². The Hall–Kier alpha value is -1.11. The molecule has 0 aliphatic heterocycles. The van der Waals surface area contributed by atoms with Crippen LogP contribution in [-0.4, -0.2) is 5.91 Å². The van der Waals surface area contributed by atoms with E-state index in [4.69, 9.17) is 0 Å². The van der Waals surface area contributed by atoms with Gasteiger partial charge in [-0.15, -0.1) is 0 Å². The van der Waals surface area contributed by atoms with Crippen molar-refractivity contribution in [2.75, 3.05) is 5.32 Å². The average molecular weight is 300 g/mol. The molecule has 0 unspecified atom stereocenters. The molecule has 0 radical (unpaired) electrons. The summed E-state index contributed by atoms with van der Waals surface area (Å²) >= 11 is 2.82. The van der Waals surface area contributed by atoms with Crippen molar-refractivity contribution in [1.82, 2.24) is 0 Å². The fourth-order valence-corrected chi connectivity index (χ4v) is 1.49. The van der Waals surface area contributed by atoms with E-state index in [0.29, 0.717) is 12.1 Å². The van der Waals surface area contributed by atoms with Gasteiger partial charge in [0.1, 0.15) is 5.82 Å². The molecule has 0 aliphatic carbocycles. The highest BCUT2D eigenvalue weighted by Gasteiger charge is 2.34. The van der Waals surface area contributed by atoms with Gasteiger partial charge in [0.15, 0.2) is 0 Å². The Bertz CT molecular complexity index is 430. The molecule has 0 heterocycles. The molecule has 0 saturated carbocycles. The van der Waals surface area contributed by atoms with Gasteiger partial charge in [-0.2, -0.15) is 13.2 Å². The quantitative estimate of drug-likeness (QED) is 0.789. The van der Waals surface area contributed by atoms with Gasteiger partial charge >= 0.3 is 6.18 Å². The van der Waals surface area contributed by atoms with Gasteiger partial charge < -0.3 is 5.32 Å². The second-order valence-electron chi connectivity index (χ2n) is 2.99. The van der Waals surface area contributed by atoms with Crippen LogP contribution in [0.4, 0.5) is 23.2 Å². The molecule has 0 atom stereocenters. The lowest BCUT2D eigenvalue weighted by Gasteiger charge is -2.11. The second-order valence-corrected chi connectivity index (χ2v) is 3.85. The predicted octanol–water partition coefficient (Wildman–Crippen LogP) is 3.57. The molecule has 16 heavy (non-hydrogen) atoms. The van der Waals surface area contributed by atoms with Gasteiger partial charge in [-0.05, 0) is 28.1 Å². The van der Waals surface area contributed by atoms with E-state index in [1.54, 1.807) is 0 Å². The third-order valence-electron chi connectivity index (χ3n) is 1.67. The molecule has 7 heteroatoms. The molecule has 0 aromatic heterocycles. The molecular weight excluding hydrogens is 294 g/mol. The zero-order valence-corrected chi connectivity index (χ0v) is 9.54. The summed E-state index contributed by atoms with van der Waals surface area (Å²) in [6, 6.07) is 1.20. The number of carbonyl (C=O) groups is 1. The number of halogens is 5. The highest BCUT2D eigenvalue weighted by atomic mass is 79.9. The van der Waals surface area contributed by atoms with Crippen LogP contribution >= 0.6 is 15.9 Å². The smallest absolute Gasteiger partial charge is 0.325 e. The normalized spacial score (nSPS) is 11.4. The molecule has 0 bridgehead atoms. The van der Waals surface area contributed by atoms with E-state index in [1.165, 1.54) is 6.92 Å². The van der Waals surface area contributed by atoms with Crippen LogP contribution < -0.4 is 5.32 Å². The molecule has 1 N–H and O–H groups in total. The average Bonchev–Trinajstić information content (AvgIpc) is 2.07. The van der Waals surface area contributed by atoms with Crippen LogP contribution in [0.3, 0.4) is 0 Å². The number of rotatable bonds is 1. The minimum Gasteiger partial charge on any atom is -0.325 e. The van der Waals surface area contributed by atoms with Crippen LogP contribution in [0.15, 0.2) is 16.6 Å². The lowest BCUT2D eigenvalue weighted by molar-refractivity contribution is -0.140. The first kappa shape index (κ1) is 13.0. The highest BCUT2D eigenvalue weighted by Crippen LogP contribution is 2.36. The molecule has 88 valence electrons. The Morgan fingerprint density at radius 1 is 1.38 bits per heavy atom. The zero-order chi connectivity index (χ0) is 12.5. The Morgan fingerprint density at radius 2 is 1.94 bits per heavy atom. The van der Waals surface area contributed by atoms with Gasteiger partial charge in [-0.1, -0.05) is 0 Å². The lowest BCUT2D eigenvalue weighted by Crippen LogP contribution is -2.11. The van der Waals surface area contributed by atoms with Gasteiger partial charge in [0.05, 0.1) is 11.3 Å². The molecule has 0 spiro atoms. The molecule has 1 rings (SSSR count). The summed E-state index contributed by atoms with van der Waals surface area (Å²) in [6.07, 6.45) is -4.76. The minimum absolute atomic E-state index is 0.0311. The number of benzene rings is 1. The maximum absolute atomic E-state index is 13.1. The first-order valence-corrected chi connectivity index (χ1v) is 4.85. The van der Waals surface area contributed by atoms with Crippen LogP contribution in [0.25, 0.3) is 0 Å². The maximum Gasteiger partial charge on any atom is 0.419 e. The maximum atomic E-state index is 13.1. The largest absolute Gasteiger partial charge is 0.419 e. The monoisotopic (exact) mass is 299 g/mol. The molecule has 2 nitrogen and oxygen atoms in total. The van der Waals surface area contributed by atoms with Crippen molar-refractivity contribution < 1.29 is 22.4 Å². The predicted molar refractivity (Wildman–Crippen MR) is 53.4 cm³/mol. The molecule has 0 aliphatic rings. The van der Waals surface area contributed by atoms with Crippen LogP contribution in [0.2, 0.25) is 0 Å². The van der Waals surface area contributed by atoms with Crippen molar-refractivity contribution in [2.45, 2.75) is 13.1 Å². The molecule has 1 aromatic rings. The fraction of sp³-hybridized carbons (Fsp3) is 0.222. The second kappa shape index (κ2) is 4.40. The third kappa shape index (κ3) is 2.94. The molecule has 1 amide bonds. The van der Waals surface area contributed by atoms with Gasteiger partial charge in [-0.3, -0.25) is 4.79 Å². The number of hydrogen-bond acceptors (Lipinski definition) is 1. The number of nitrogens with one attached hydrogen (secondary N) is 1. The Kier molecular flexibility index (Phi) is 3.57. The number of amides is 1. The molecule has 0 saturated heterocycles. The third-order valence-corrected chi connectivity index (χ3v) is 2.33. The zero-order valence-electron chi connectivity index (χ0n) is 7.95. The fourth-order valence-electron chi connectivity index (χ4n) is 1.05. The van der Waals surface area contributed by atoms with Crippen LogP contribution in [0.1, 0.15) is 12.5 Å².